The molecule has 0 unspecified atom stereocenters. The maximum atomic E-state index is 4.94. The van der Waals surface area contributed by atoms with Gasteiger partial charge in [0.25, 0.3) is 0 Å². The van der Waals surface area contributed by atoms with Gasteiger partial charge in [0.05, 0.1) is 12.5 Å². The van der Waals surface area contributed by atoms with E-state index in [1.807, 2.05) is 0 Å². The van der Waals surface area contributed by atoms with Gasteiger partial charge in [-0.25, -0.2) is 0 Å². The molecule has 0 aromatic carbocycles. The van der Waals surface area contributed by atoms with E-state index in [0.717, 1.165) is 13.2 Å². The van der Waals surface area contributed by atoms with Gasteiger partial charge in [-0.1, -0.05) is 13.2 Å². The third kappa shape index (κ3) is 7.24. The molecule has 0 N–H and O–H groups in total. The second kappa shape index (κ2) is 8.24. The van der Waals surface area contributed by atoms with E-state index in [9.17, 15) is 0 Å². The lowest BCUT2D eigenvalue weighted by atomic mass is 10.4. The average molecular weight is 142 g/mol. The van der Waals surface area contributed by atoms with Gasteiger partial charge in [-0.2, -0.15) is 0 Å². The zero-order valence-corrected chi connectivity index (χ0v) is 6.21. The molecule has 0 atom stereocenters. The van der Waals surface area contributed by atoms with Crippen molar-refractivity contribution >= 4 is 0 Å². The summed E-state index contributed by atoms with van der Waals surface area (Å²) in [4.78, 5) is 0. The fourth-order valence-electron chi connectivity index (χ4n) is 0.578. The molecule has 0 aromatic heterocycles. The first-order chi connectivity index (χ1) is 4.91. The zero-order valence-electron chi connectivity index (χ0n) is 6.21. The van der Waals surface area contributed by atoms with Gasteiger partial charge in [0.1, 0.15) is 0 Å². The third-order valence-corrected chi connectivity index (χ3v) is 1.02. The molecule has 1 rings (SSSR count). The lowest BCUT2D eigenvalue weighted by Gasteiger charge is -1.76. The van der Waals surface area contributed by atoms with Crippen LogP contribution >= 0.6 is 0 Å². The molecule has 0 aromatic rings. The lowest BCUT2D eigenvalue weighted by molar-refractivity contribution is 0.198. The summed E-state index contributed by atoms with van der Waals surface area (Å²) in [5.74, 6) is 0. The Morgan fingerprint density at radius 2 is 1.60 bits per heavy atom. The highest BCUT2D eigenvalue weighted by atomic mass is 16.5. The molecular formula is C8H14O2. The first kappa shape index (κ1) is 9.24. The molecule has 0 amide bonds. The monoisotopic (exact) mass is 142 g/mol. The fraction of sp³-hybridized carbons (Fsp3) is 0.500. The van der Waals surface area contributed by atoms with Crippen LogP contribution < -0.4 is 0 Å². The molecule has 1 aliphatic rings. The minimum Gasteiger partial charge on any atom is -0.474 e. The van der Waals surface area contributed by atoms with Gasteiger partial charge in [0.15, 0.2) is 0 Å². The van der Waals surface area contributed by atoms with Crippen LogP contribution in [0.25, 0.3) is 0 Å². The fourth-order valence-corrected chi connectivity index (χ4v) is 0.578. The normalized spacial score (nSPS) is 14.8. The molecule has 1 saturated heterocycles. The van der Waals surface area contributed by atoms with E-state index < -0.39 is 0 Å². The summed E-state index contributed by atoms with van der Waals surface area (Å²) in [5.41, 5.74) is 0. The van der Waals surface area contributed by atoms with Crippen LogP contribution in [-0.4, -0.2) is 13.2 Å². The molecule has 1 aliphatic heterocycles. The van der Waals surface area contributed by atoms with Crippen LogP contribution in [0.2, 0.25) is 0 Å². The molecule has 0 aliphatic carbocycles. The standard InChI is InChI=1S/C4H8O.C4H6O/c1-2-4-5-3-1;1-3-5-4-2/h1-4H2;3-4H,1-2H2. The topological polar surface area (TPSA) is 18.5 Å². The van der Waals surface area contributed by atoms with Crippen molar-refractivity contribution in [1.82, 2.24) is 0 Å². The van der Waals surface area contributed by atoms with Crippen molar-refractivity contribution in [2.75, 3.05) is 13.2 Å². The Bertz CT molecular complexity index is 71.6. The number of ether oxygens (including phenoxy) is 2. The van der Waals surface area contributed by atoms with Gasteiger partial charge >= 0.3 is 0 Å². The molecule has 58 valence electrons. The van der Waals surface area contributed by atoms with E-state index in [-0.39, 0.29) is 0 Å². The second-order valence-electron chi connectivity index (χ2n) is 1.79. The predicted molar refractivity (Wildman–Crippen MR) is 41.5 cm³/mol. The molecular weight excluding hydrogens is 128 g/mol. The largest absolute Gasteiger partial charge is 0.474 e. The van der Waals surface area contributed by atoms with Crippen LogP contribution in [0, 0.1) is 0 Å². The highest BCUT2D eigenvalue weighted by Gasteiger charge is 1.94. The van der Waals surface area contributed by atoms with Crippen LogP contribution in [0.4, 0.5) is 0 Å². The summed E-state index contributed by atoms with van der Waals surface area (Å²) >= 11 is 0. The summed E-state index contributed by atoms with van der Waals surface area (Å²) in [6.45, 7) is 8.51. The molecule has 1 fully saturated rings. The number of rotatable bonds is 2. The molecule has 0 radical (unpaired) electrons. The van der Waals surface area contributed by atoms with Gasteiger partial charge in [-0.05, 0) is 12.8 Å². The predicted octanol–water partition coefficient (Wildman–Crippen LogP) is 2.09. The van der Waals surface area contributed by atoms with Gasteiger partial charge < -0.3 is 9.47 Å². The van der Waals surface area contributed by atoms with E-state index in [1.165, 1.54) is 25.4 Å². The molecule has 0 spiro atoms. The smallest absolute Gasteiger partial charge is 0.0829 e. The second-order valence-corrected chi connectivity index (χ2v) is 1.79. The summed E-state index contributed by atoms with van der Waals surface area (Å²) < 4.78 is 9.31. The van der Waals surface area contributed by atoms with Crippen molar-refractivity contribution in [3.63, 3.8) is 0 Å². The minimum absolute atomic E-state index is 1.00. The van der Waals surface area contributed by atoms with Crippen molar-refractivity contribution in [3.05, 3.63) is 25.7 Å². The summed E-state index contributed by atoms with van der Waals surface area (Å²) in [6.07, 6.45) is 5.18. The quantitative estimate of drug-likeness (QED) is 0.549. The number of hydrogen-bond donors (Lipinski definition) is 0. The Hall–Kier alpha value is -0.760. The summed E-state index contributed by atoms with van der Waals surface area (Å²) in [5, 5.41) is 0. The van der Waals surface area contributed by atoms with Gasteiger partial charge in [-0.15, -0.1) is 0 Å². The minimum atomic E-state index is 1.00. The van der Waals surface area contributed by atoms with E-state index in [1.54, 1.807) is 0 Å². The average Bonchev–Trinajstić information content (AvgIpc) is 2.44. The molecule has 2 nitrogen and oxygen atoms in total. The molecule has 1 heterocycles. The zero-order chi connectivity index (χ0) is 7.66. The van der Waals surface area contributed by atoms with Crippen LogP contribution in [0.1, 0.15) is 12.8 Å². The van der Waals surface area contributed by atoms with Crippen molar-refractivity contribution in [3.8, 4) is 0 Å². The van der Waals surface area contributed by atoms with Crippen molar-refractivity contribution in [2.45, 2.75) is 12.8 Å². The third-order valence-electron chi connectivity index (χ3n) is 1.02. The number of hydrogen-bond acceptors (Lipinski definition) is 2. The summed E-state index contributed by atoms with van der Waals surface area (Å²) in [6, 6.07) is 0. The van der Waals surface area contributed by atoms with Gasteiger partial charge in [-0.3, -0.25) is 0 Å². The maximum absolute atomic E-state index is 4.94. The van der Waals surface area contributed by atoms with Crippen LogP contribution in [0.3, 0.4) is 0 Å². The Labute approximate surface area is 62.1 Å². The Morgan fingerprint density at radius 1 is 1.10 bits per heavy atom. The van der Waals surface area contributed by atoms with E-state index in [4.69, 9.17) is 4.74 Å². The molecule has 0 bridgehead atoms. The van der Waals surface area contributed by atoms with Crippen LogP contribution in [-0.2, 0) is 9.47 Å². The van der Waals surface area contributed by atoms with Crippen molar-refractivity contribution in [2.24, 2.45) is 0 Å². The molecule has 0 saturated carbocycles. The van der Waals surface area contributed by atoms with E-state index in [0.29, 0.717) is 0 Å². The van der Waals surface area contributed by atoms with E-state index in [2.05, 4.69) is 17.9 Å². The SMILES string of the molecule is C1CCOC1.C=COC=C. The van der Waals surface area contributed by atoms with Gasteiger partial charge in [0.2, 0.25) is 0 Å². The van der Waals surface area contributed by atoms with Crippen LogP contribution in [0.5, 0.6) is 0 Å². The Morgan fingerprint density at radius 3 is 1.70 bits per heavy atom. The summed E-state index contributed by atoms with van der Waals surface area (Å²) in [7, 11) is 0. The molecule has 10 heavy (non-hydrogen) atoms. The highest BCUT2D eigenvalue weighted by Crippen LogP contribution is 1.98. The first-order valence-electron chi connectivity index (χ1n) is 3.37. The van der Waals surface area contributed by atoms with Gasteiger partial charge in [0, 0.05) is 13.2 Å². The highest BCUT2D eigenvalue weighted by molar-refractivity contribution is 4.57. The Kier molecular flexibility index (Phi) is 7.61. The Balaban J connectivity index is 0.000000162. The lowest BCUT2D eigenvalue weighted by Crippen LogP contribution is -1.74. The van der Waals surface area contributed by atoms with Crippen LogP contribution in [0.15, 0.2) is 25.7 Å². The van der Waals surface area contributed by atoms with Crippen molar-refractivity contribution < 1.29 is 9.47 Å². The van der Waals surface area contributed by atoms with E-state index >= 15 is 0 Å². The maximum Gasteiger partial charge on any atom is 0.0829 e. The van der Waals surface area contributed by atoms with Crippen molar-refractivity contribution in [1.29, 1.82) is 0 Å². The molecule has 2 heteroatoms. The first-order valence-corrected chi connectivity index (χ1v) is 3.37.